The van der Waals surface area contributed by atoms with Crippen molar-refractivity contribution in [2.24, 2.45) is 11.7 Å². The van der Waals surface area contributed by atoms with Crippen molar-refractivity contribution < 1.29 is 14.3 Å². The second kappa shape index (κ2) is 8.58. The van der Waals surface area contributed by atoms with Gasteiger partial charge in [0.05, 0.1) is 12.6 Å². The molecule has 1 aromatic carbocycles. The minimum absolute atomic E-state index is 0.0839. The molecule has 1 unspecified atom stereocenters. The van der Waals surface area contributed by atoms with Crippen LogP contribution < -0.4 is 20.5 Å². The summed E-state index contributed by atoms with van der Waals surface area (Å²) in [4.78, 5) is 12.1. The number of ether oxygens (including phenoxy) is 2. The third kappa shape index (κ3) is 5.28. The predicted molar refractivity (Wildman–Crippen MR) is 92.8 cm³/mol. The lowest BCUT2D eigenvalue weighted by Crippen LogP contribution is -2.56. The fraction of sp³-hybridized carbons (Fsp3) is 0.500. The Morgan fingerprint density at radius 1 is 1.43 bits per heavy atom. The van der Waals surface area contributed by atoms with Crippen molar-refractivity contribution in [1.82, 2.24) is 5.32 Å². The van der Waals surface area contributed by atoms with E-state index in [0.29, 0.717) is 18.0 Å². The van der Waals surface area contributed by atoms with Crippen LogP contribution in [0.3, 0.4) is 0 Å². The maximum atomic E-state index is 12.1. The van der Waals surface area contributed by atoms with Gasteiger partial charge in [-0.1, -0.05) is 26.0 Å². The molecular weight excluding hydrogens is 292 g/mol. The number of hydrogen-bond donors (Lipinski definition) is 2. The molecule has 0 spiro atoms. The Morgan fingerprint density at radius 2 is 2.13 bits per heavy atom. The first-order chi connectivity index (χ1) is 10.9. The zero-order chi connectivity index (χ0) is 17.5. The number of nitrogens with one attached hydrogen (secondary N) is 1. The molecule has 0 aliphatic carbocycles. The van der Waals surface area contributed by atoms with Gasteiger partial charge in [-0.25, -0.2) is 0 Å². The van der Waals surface area contributed by atoms with Crippen LogP contribution in [0.15, 0.2) is 30.9 Å². The minimum Gasteiger partial charge on any atom is -0.493 e. The number of carbonyl (C=O) groups excluding carboxylic acids is 1. The van der Waals surface area contributed by atoms with Crippen LogP contribution in [-0.2, 0) is 11.2 Å². The van der Waals surface area contributed by atoms with Crippen molar-refractivity contribution in [3.8, 4) is 11.5 Å². The van der Waals surface area contributed by atoms with Crippen molar-refractivity contribution in [3.63, 3.8) is 0 Å². The molecule has 0 heterocycles. The van der Waals surface area contributed by atoms with Crippen molar-refractivity contribution in [1.29, 1.82) is 0 Å². The summed E-state index contributed by atoms with van der Waals surface area (Å²) in [6, 6.07) is 5.61. The highest BCUT2D eigenvalue weighted by molar-refractivity contribution is 5.78. The molecule has 1 atom stereocenters. The highest BCUT2D eigenvalue weighted by Gasteiger charge is 2.28. The van der Waals surface area contributed by atoms with Gasteiger partial charge in [0, 0.05) is 6.54 Å². The number of rotatable bonds is 9. The number of nitrogens with two attached hydrogens (primary N) is 1. The quantitative estimate of drug-likeness (QED) is 0.685. The summed E-state index contributed by atoms with van der Waals surface area (Å²) >= 11 is 0. The summed E-state index contributed by atoms with van der Waals surface area (Å²) in [7, 11) is 1.57. The molecule has 1 aromatic rings. The average molecular weight is 320 g/mol. The fourth-order valence-electron chi connectivity index (χ4n) is 2.05. The molecule has 23 heavy (non-hydrogen) atoms. The normalized spacial score (nSPS) is 13.3. The lowest BCUT2D eigenvalue weighted by atomic mass is 9.88. The van der Waals surface area contributed by atoms with Gasteiger partial charge in [0.1, 0.15) is 0 Å². The van der Waals surface area contributed by atoms with Crippen LogP contribution in [-0.4, -0.2) is 31.7 Å². The Kier molecular flexibility index (Phi) is 7.10. The van der Waals surface area contributed by atoms with E-state index in [4.69, 9.17) is 15.2 Å². The van der Waals surface area contributed by atoms with E-state index < -0.39 is 5.54 Å². The van der Waals surface area contributed by atoms with Crippen LogP contribution in [0.2, 0.25) is 0 Å². The molecule has 0 fully saturated rings. The van der Waals surface area contributed by atoms with E-state index in [1.807, 2.05) is 39.0 Å². The van der Waals surface area contributed by atoms with Gasteiger partial charge in [0.2, 0.25) is 0 Å². The summed E-state index contributed by atoms with van der Waals surface area (Å²) in [5.74, 6) is 1.16. The summed E-state index contributed by atoms with van der Waals surface area (Å²) in [6.45, 7) is 9.98. The Hall–Kier alpha value is -2.01. The zero-order valence-electron chi connectivity index (χ0n) is 14.5. The predicted octanol–water partition coefficient (Wildman–Crippen LogP) is 2.29. The lowest BCUT2D eigenvalue weighted by Gasteiger charge is -2.33. The van der Waals surface area contributed by atoms with Crippen LogP contribution in [0, 0.1) is 5.92 Å². The Morgan fingerprint density at radius 3 is 2.65 bits per heavy atom. The lowest BCUT2D eigenvalue weighted by molar-refractivity contribution is -0.125. The molecular formula is C18H28N2O3. The monoisotopic (exact) mass is 320 g/mol. The molecule has 3 N–H and O–H groups in total. The molecule has 0 saturated carbocycles. The average Bonchev–Trinajstić information content (AvgIpc) is 2.53. The minimum atomic E-state index is -0.446. The SMILES string of the molecule is C=CCc1ccc(OCC(=O)NC(C)(CN)C(C)C)c(OC)c1. The molecule has 0 radical (unpaired) electrons. The van der Waals surface area contributed by atoms with Crippen LogP contribution in [0.25, 0.3) is 0 Å². The van der Waals surface area contributed by atoms with Gasteiger partial charge >= 0.3 is 0 Å². The molecule has 0 aliphatic heterocycles. The van der Waals surface area contributed by atoms with E-state index in [-0.39, 0.29) is 18.4 Å². The Bertz CT molecular complexity index is 543. The van der Waals surface area contributed by atoms with E-state index in [0.717, 1.165) is 12.0 Å². The van der Waals surface area contributed by atoms with E-state index in [2.05, 4.69) is 11.9 Å². The molecule has 0 aliphatic rings. The summed E-state index contributed by atoms with van der Waals surface area (Å²) in [5, 5.41) is 2.94. The molecule has 0 bridgehead atoms. The highest BCUT2D eigenvalue weighted by atomic mass is 16.5. The van der Waals surface area contributed by atoms with Gasteiger partial charge in [-0.15, -0.1) is 6.58 Å². The van der Waals surface area contributed by atoms with Gasteiger partial charge in [-0.2, -0.15) is 0 Å². The number of amides is 1. The first kappa shape index (κ1) is 19.0. The van der Waals surface area contributed by atoms with Crippen LogP contribution >= 0.6 is 0 Å². The highest BCUT2D eigenvalue weighted by Crippen LogP contribution is 2.28. The number of methoxy groups -OCH3 is 1. The zero-order valence-corrected chi connectivity index (χ0v) is 14.5. The summed E-state index contributed by atoms with van der Waals surface area (Å²) in [5.41, 5.74) is 6.40. The third-order valence-electron chi connectivity index (χ3n) is 4.09. The second-order valence-corrected chi connectivity index (χ2v) is 6.09. The van der Waals surface area contributed by atoms with Gasteiger partial charge in [-0.3, -0.25) is 4.79 Å². The third-order valence-corrected chi connectivity index (χ3v) is 4.09. The van der Waals surface area contributed by atoms with Crippen molar-refractivity contribution >= 4 is 5.91 Å². The van der Waals surface area contributed by atoms with Gasteiger partial charge in [0.15, 0.2) is 18.1 Å². The molecule has 1 rings (SSSR count). The molecule has 5 nitrogen and oxygen atoms in total. The largest absolute Gasteiger partial charge is 0.493 e. The number of carbonyl (C=O) groups is 1. The van der Waals surface area contributed by atoms with Gasteiger partial charge in [-0.05, 0) is 37.0 Å². The standard InChI is InChI=1S/C18H28N2O3/c1-6-7-14-8-9-15(16(10-14)22-5)23-11-17(21)20-18(4,12-19)13(2)3/h6,8-10,13H,1,7,11-12,19H2,2-5H3,(H,20,21). The van der Waals surface area contributed by atoms with E-state index in [9.17, 15) is 4.79 Å². The van der Waals surface area contributed by atoms with Crippen LogP contribution in [0.5, 0.6) is 11.5 Å². The van der Waals surface area contributed by atoms with Crippen molar-refractivity contribution in [3.05, 3.63) is 36.4 Å². The topological polar surface area (TPSA) is 73.6 Å². The van der Waals surface area contributed by atoms with E-state index in [1.54, 1.807) is 13.2 Å². The second-order valence-electron chi connectivity index (χ2n) is 6.09. The van der Waals surface area contributed by atoms with Gasteiger partial charge in [0.25, 0.3) is 5.91 Å². The Balaban J connectivity index is 2.70. The molecule has 0 saturated heterocycles. The van der Waals surface area contributed by atoms with Crippen LogP contribution in [0.1, 0.15) is 26.3 Å². The molecule has 5 heteroatoms. The van der Waals surface area contributed by atoms with E-state index in [1.165, 1.54) is 0 Å². The smallest absolute Gasteiger partial charge is 0.258 e. The van der Waals surface area contributed by atoms with E-state index >= 15 is 0 Å². The number of hydrogen-bond acceptors (Lipinski definition) is 4. The maximum absolute atomic E-state index is 12.1. The Labute approximate surface area is 138 Å². The molecule has 128 valence electrons. The van der Waals surface area contributed by atoms with Crippen molar-refractivity contribution in [2.45, 2.75) is 32.7 Å². The first-order valence-corrected chi connectivity index (χ1v) is 7.78. The van der Waals surface area contributed by atoms with Crippen molar-refractivity contribution in [2.75, 3.05) is 20.3 Å². The first-order valence-electron chi connectivity index (χ1n) is 7.78. The van der Waals surface area contributed by atoms with Crippen LogP contribution in [0.4, 0.5) is 0 Å². The molecule has 1 amide bonds. The molecule has 0 aromatic heterocycles. The van der Waals surface area contributed by atoms with Gasteiger partial charge < -0.3 is 20.5 Å². The maximum Gasteiger partial charge on any atom is 0.258 e. The number of allylic oxidation sites excluding steroid dienone is 1. The fourth-order valence-corrected chi connectivity index (χ4v) is 2.05. The summed E-state index contributed by atoms with van der Waals surface area (Å²) in [6.07, 6.45) is 2.57. The number of benzene rings is 1. The summed E-state index contributed by atoms with van der Waals surface area (Å²) < 4.78 is 10.9.